The normalized spacial score (nSPS) is 21.7. The van der Waals surface area contributed by atoms with Crippen LogP contribution in [-0.4, -0.2) is 30.2 Å². The first-order chi connectivity index (χ1) is 13.4. The van der Waals surface area contributed by atoms with Crippen molar-refractivity contribution in [2.75, 3.05) is 22.9 Å². The highest BCUT2D eigenvalue weighted by Crippen LogP contribution is 2.43. The first-order valence-corrected chi connectivity index (χ1v) is 9.13. The summed E-state index contributed by atoms with van der Waals surface area (Å²) in [5.74, 6) is -0.675. The highest BCUT2D eigenvalue weighted by atomic mass is 19.4. The summed E-state index contributed by atoms with van der Waals surface area (Å²) < 4.78 is 38.7. The number of fused-ring (bicyclic) bond motifs is 3. The van der Waals surface area contributed by atoms with E-state index in [0.29, 0.717) is 31.6 Å². The van der Waals surface area contributed by atoms with Crippen molar-refractivity contribution in [2.24, 2.45) is 5.92 Å². The molecule has 148 valence electrons. The highest BCUT2D eigenvalue weighted by molar-refractivity contribution is 5.82. The van der Waals surface area contributed by atoms with Gasteiger partial charge in [0.15, 0.2) is 0 Å². The lowest BCUT2D eigenvalue weighted by molar-refractivity contribution is -0.137. The number of alkyl halides is 3. The molecule has 0 aliphatic carbocycles. The fourth-order valence-electron chi connectivity index (χ4n) is 4.19. The molecule has 5 nitrogen and oxygen atoms in total. The molecule has 1 saturated heterocycles. The fourth-order valence-corrected chi connectivity index (χ4v) is 4.19. The van der Waals surface area contributed by atoms with Crippen molar-refractivity contribution in [3.63, 3.8) is 0 Å². The third-order valence-corrected chi connectivity index (χ3v) is 5.58. The van der Waals surface area contributed by atoms with Crippen LogP contribution in [0.5, 0.6) is 0 Å². The Bertz CT molecular complexity index is 870. The van der Waals surface area contributed by atoms with E-state index >= 15 is 0 Å². The predicted octanol–water partition coefficient (Wildman–Crippen LogP) is 3.95. The van der Waals surface area contributed by atoms with Crippen LogP contribution in [0.1, 0.15) is 18.4 Å². The van der Waals surface area contributed by atoms with Crippen molar-refractivity contribution in [1.29, 1.82) is 0 Å². The molecule has 2 aromatic carbocycles. The number of carbonyl (C=O) groups excluding carboxylic acids is 1. The maximum atomic E-state index is 12.9. The Morgan fingerprint density at radius 1 is 1.07 bits per heavy atom. The molecule has 2 N–H and O–H groups in total. The van der Waals surface area contributed by atoms with Crippen molar-refractivity contribution in [2.45, 2.75) is 25.1 Å². The third kappa shape index (κ3) is 3.28. The van der Waals surface area contributed by atoms with Crippen molar-refractivity contribution in [3.8, 4) is 0 Å². The lowest BCUT2D eigenvalue weighted by Gasteiger charge is -2.48. The van der Waals surface area contributed by atoms with Crippen LogP contribution < -0.4 is 15.3 Å². The molecule has 0 saturated carbocycles. The van der Waals surface area contributed by atoms with Crippen molar-refractivity contribution >= 4 is 23.0 Å². The quantitative estimate of drug-likeness (QED) is 0.601. The van der Waals surface area contributed by atoms with Crippen LogP contribution in [0.4, 0.5) is 30.2 Å². The second kappa shape index (κ2) is 7.01. The first-order valence-electron chi connectivity index (χ1n) is 9.13. The second-order valence-corrected chi connectivity index (χ2v) is 7.19. The Morgan fingerprint density at radius 3 is 2.39 bits per heavy atom. The van der Waals surface area contributed by atoms with Crippen LogP contribution in [-0.2, 0) is 11.0 Å². The molecule has 0 spiro atoms. The standard InChI is InChI=1S/C20H20F3N3O2/c21-20(22,23)14-5-7-15(8-6-14)26-12-16-11-13(19(27)24-28)9-10-25(16)17-3-1-2-4-18(17)26/h1-8,13,16,28H,9-12H2,(H,24,27)/t13-,16+/m1/s1. The summed E-state index contributed by atoms with van der Waals surface area (Å²) in [6.45, 7) is 1.23. The second-order valence-electron chi connectivity index (χ2n) is 7.19. The molecule has 0 radical (unpaired) electrons. The zero-order valence-corrected chi connectivity index (χ0v) is 15.0. The number of para-hydroxylation sites is 2. The van der Waals surface area contributed by atoms with Crippen LogP contribution in [0.25, 0.3) is 0 Å². The number of hydroxylamine groups is 1. The van der Waals surface area contributed by atoms with E-state index in [0.717, 1.165) is 23.5 Å². The summed E-state index contributed by atoms with van der Waals surface area (Å²) in [6.07, 6.45) is -3.17. The topological polar surface area (TPSA) is 55.8 Å². The van der Waals surface area contributed by atoms with Gasteiger partial charge >= 0.3 is 6.18 Å². The van der Waals surface area contributed by atoms with Gasteiger partial charge in [-0.3, -0.25) is 10.0 Å². The molecule has 4 rings (SSSR count). The molecule has 0 unspecified atom stereocenters. The van der Waals surface area contributed by atoms with Gasteiger partial charge in [-0.25, -0.2) is 5.48 Å². The lowest BCUT2D eigenvalue weighted by Crippen LogP contribution is -2.53. The number of hydrogen-bond acceptors (Lipinski definition) is 4. The Balaban J connectivity index is 1.67. The average molecular weight is 391 g/mol. The van der Waals surface area contributed by atoms with Gasteiger partial charge in [0.2, 0.25) is 5.91 Å². The fraction of sp³-hybridized carbons (Fsp3) is 0.350. The van der Waals surface area contributed by atoms with E-state index in [4.69, 9.17) is 5.21 Å². The highest BCUT2D eigenvalue weighted by Gasteiger charge is 2.38. The van der Waals surface area contributed by atoms with E-state index in [1.54, 1.807) is 5.48 Å². The van der Waals surface area contributed by atoms with Gasteiger partial charge in [-0.15, -0.1) is 0 Å². The SMILES string of the molecule is O=C(NO)[C@@H]1CCN2c3ccccc3N(c3ccc(C(F)(F)F)cc3)C[C@@H]2C1. The molecule has 2 aromatic rings. The largest absolute Gasteiger partial charge is 0.416 e. The van der Waals surface area contributed by atoms with Crippen LogP contribution in [0.3, 0.4) is 0 Å². The van der Waals surface area contributed by atoms with Gasteiger partial charge < -0.3 is 9.80 Å². The number of carbonyl (C=O) groups is 1. The molecular weight excluding hydrogens is 371 g/mol. The molecule has 0 aromatic heterocycles. The maximum absolute atomic E-state index is 12.9. The Hall–Kier alpha value is -2.74. The Kier molecular flexibility index (Phi) is 4.66. The number of halogens is 3. The average Bonchev–Trinajstić information content (AvgIpc) is 2.71. The number of anilines is 3. The number of nitrogens with one attached hydrogen (secondary N) is 1. The van der Waals surface area contributed by atoms with Crippen LogP contribution in [0.15, 0.2) is 48.5 Å². The van der Waals surface area contributed by atoms with Gasteiger partial charge in [-0.1, -0.05) is 12.1 Å². The van der Waals surface area contributed by atoms with Gasteiger partial charge in [0.05, 0.1) is 16.9 Å². The summed E-state index contributed by atoms with van der Waals surface area (Å²) in [7, 11) is 0. The van der Waals surface area contributed by atoms with E-state index in [-0.39, 0.29) is 17.9 Å². The number of rotatable bonds is 2. The molecule has 1 amide bonds. The molecule has 8 heteroatoms. The number of nitrogens with zero attached hydrogens (tertiary/aromatic N) is 2. The Labute approximate surface area is 160 Å². The van der Waals surface area contributed by atoms with Gasteiger partial charge in [-0.2, -0.15) is 13.2 Å². The van der Waals surface area contributed by atoms with E-state index in [9.17, 15) is 18.0 Å². The van der Waals surface area contributed by atoms with E-state index in [2.05, 4.69) is 4.90 Å². The molecule has 2 atom stereocenters. The predicted molar refractivity (Wildman–Crippen MR) is 98.7 cm³/mol. The monoisotopic (exact) mass is 391 g/mol. The summed E-state index contributed by atoms with van der Waals surface area (Å²) in [5.41, 5.74) is 3.67. The minimum absolute atomic E-state index is 0.0215. The third-order valence-electron chi connectivity index (χ3n) is 5.58. The molecule has 1 fully saturated rings. The molecule has 2 aliphatic heterocycles. The first kappa shape index (κ1) is 18.6. The lowest BCUT2D eigenvalue weighted by atomic mass is 9.87. The van der Waals surface area contributed by atoms with E-state index in [1.807, 2.05) is 29.2 Å². The van der Waals surface area contributed by atoms with Gasteiger partial charge in [0, 0.05) is 30.7 Å². The van der Waals surface area contributed by atoms with Gasteiger partial charge in [0.1, 0.15) is 0 Å². The van der Waals surface area contributed by atoms with E-state index < -0.39 is 11.7 Å². The molecule has 2 aliphatic rings. The summed E-state index contributed by atoms with van der Waals surface area (Å²) in [6, 6.07) is 12.9. The van der Waals surface area contributed by atoms with E-state index in [1.165, 1.54) is 12.1 Å². The smallest absolute Gasteiger partial charge is 0.365 e. The van der Waals surface area contributed by atoms with Gasteiger partial charge in [0.25, 0.3) is 0 Å². The minimum atomic E-state index is -4.37. The molecule has 2 heterocycles. The number of piperidine rings is 1. The molecule has 0 bridgehead atoms. The van der Waals surface area contributed by atoms with Crippen molar-refractivity contribution < 1.29 is 23.2 Å². The maximum Gasteiger partial charge on any atom is 0.416 e. The van der Waals surface area contributed by atoms with Crippen LogP contribution >= 0.6 is 0 Å². The summed E-state index contributed by atoms with van der Waals surface area (Å²) >= 11 is 0. The minimum Gasteiger partial charge on any atom is -0.365 e. The van der Waals surface area contributed by atoms with Crippen LogP contribution in [0, 0.1) is 5.92 Å². The Morgan fingerprint density at radius 2 is 1.75 bits per heavy atom. The summed E-state index contributed by atoms with van der Waals surface area (Å²) in [4.78, 5) is 16.1. The van der Waals surface area contributed by atoms with Crippen molar-refractivity contribution in [1.82, 2.24) is 5.48 Å². The van der Waals surface area contributed by atoms with Gasteiger partial charge in [-0.05, 0) is 49.2 Å². The zero-order chi connectivity index (χ0) is 19.9. The van der Waals surface area contributed by atoms with Crippen LogP contribution in [0.2, 0.25) is 0 Å². The number of benzene rings is 2. The molecular formula is C20H20F3N3O2. The van der Waals surface area contributed by atoms with Crippen molar-refractivity contribution in [3.05, 3.63) is 54.1 Å². The summed E-state index contributed by atoms with van der Waals surface area (Å²) in [5, 5.41) is 8.95. The number of hydrogen-bond donors (Lipinski definition) is 2. The number of amides is 1. The molecule has 28 heavy (non-hydrogen) atoms. The zero-order valence-electron chi connectivity index (χ0n) is 15.0.